The van der Waals surface area contributed by atoms with E-state index >= 15 is 0 Å². The third-order valence-electron chi connectivity index (χ3n) is 3.70. The molecule has 0 spiro atoms. The Bertz CT molecular complexity index is 387. The summed E-state index contributed by atoms with van der Waals surface area (Å²) in [5, 5.41) is 0. The van der Waals surface area contributed by atoms with E-state index in [-0.39, 0.29) is 0 Å². The molecule has 0 aromatic heterocycles. The minimum absolute atomic E-state index is 0.480. The van der Waals surface area contributed by atoms with Crippen LogP contribution in [0.15, 0.2) is 12.1 Å². The van der Waals surface area contributed by atoms with Crippen molar-refractivity contribution in [3.05, 3.63) is 28.8 Å². The van der Waals surface area contributed by atoms with E-state index in [1.165, 1.54) is 16.7 Å². The summed E-state index contributed by atoms with van der Waals surface area (Å²) >= 11 is 0. The summed E-state index contributed by atoms with van der Waals surface area (Å²) in [6.45, 7) is 12.3. The number of hydrogen-bond donors (Lipinski definition) is 1. The average Bonchev–Trinajstić information content (AvgIpc) is 2.31. The first-order chi connectivity index (χ1) is 8.51. The molecule has 2 heteroatoms. The first kappa shape index (κ1) is 15.0. The highest BCUT2D eigenvalue weighted by Gasteiger charge is 2.19. The monoisotopic (exact) mass is 249 g/mol. The van der Waals surface area contributed by atoms with Crippen molar-refractivity contribution < 1.29 is 4.74 Å². The molecule has 0 aliphatic carbocycles. The van der Waals surface area contributed by atoms with E-state index in [0.29, 0.717) is 11.8 Å². The lowest BCUT2D eigenvalue weighted by atomic mass is 9.84. The van der Waals surface area contributed by atoms with Crippen LogP contribution in [0, 0.1) is 19.8 Å². The maximum absolute atomic E-state index is 5.84. The normalized spacial score (nSPS) is 14.3. The lowest BCUT2D eigenvalue weighted by Crippen LogP contribution is -2.13. The van der Waals surface area contributed by atoms with E-state index in [1.54, 1.807) is 0 Å². The highest BCUT2D eigenvalue weighted by Crippen LogP contribution is 2.36. The number of ether oxygens (including phenoxy) is 1. The molecule has 18 heavy (non-hydrogen) atoms. The van der Waals surface area contributed by atoms with Gasteiger partial charge in [0.1, 0.15) is 5.75 Å². The second-order valence-electron chi connectivity index (χ2n) is 5.28. The molecule has 0 radical (unpaired) electrons. The molecule has 0 bridgehead atoms. The van der Waals surface area contributed by atoms with Gasteiger partial charge >= 0.3 is 0 Å². The minimum Gasteiger partial charge on any atom is -0.493 e. The minimum atomic E-state index is 0.480. The van der Waals surface area contributed by atoms with Crippen LogP contribution < -0.4 is 10.5 Å². The van der Waals surface area contributed by atoms with Crippen LogP contribution in [0.25, 0.3) is 0 Å². The van der Waals surface area contributed by atoms with Gasteiger partial charge in [-0.25, -0.2) is 0 Å². The molecule has 0 saturated heterocycles. The molecule has 2 N–H and O–H groups in total. The van der Waals surface area contributed by atoms with Crippen molar-refractivity contribution in [3.63, 3.8) is 0 Å². The molecule has 2 unspecified atom stereocenters. The SMILES string of the molecule is CCOc1c(C)cc(C)cc1C(C)C(C)CCN. The molecule has 0 aliphatic heterocycles. The van der Waals surface area contributed by atoms with Crippen molar-refractivity contribution in [2.45, 2.75) is 47.0 Å². The lowest BCUT2D eigenvalue weighted by molar-refractivity contribution is 0.326. The second kappa shape index (κ2) is 6.79. The first-order valence-corrected chi connectivity index (χ1v) is 6.95. The van der Waals surface area contributed by atoms with Gasteiger partial charge in [-0.2, -0.15) is 0 Å². The Hall–Kier alpha value is -1.02. The largest absolute Gasteiger partial charge is 0.493 e. The van der Waals surface area contributed by atoms with Crippen LogP contribution in [-0.2, 0) is 0 Å². The van der Waals surface area contributed by atoms with E-state index < -0.39 is 0 Å². The summed E-state index contributed by atoms with van der Waals surface area (Å²) in [6, 6.07) is 4.45. The van der Waals surface area contributed by atoms with E-state index in [1.807, 2.05) is 6.92 Å². The van der Waals surface area contributed by atoms with Crippen molar-refractivity contribution in [2.24, 2.45) is 11.7 Å². The van der Waals surface area contributed by atoms with Crippen LogP contribution in [0.5, 0.6) is 5.75 Å². The number of aryl methyl sites for hydroxylation is 2. The van der Waals surface area contributed by atoms with Gasteiger partial charge in [-0.05, 0) is 56.7 Å². The molecule has 0 fully saturated rings. The van der Waals surface area contributed by atoms with Crippen LogP contribution >= 0.6 is 0 Å². The van der Waals surface area contributed by atoms with Crippen molar-refractivity contribution in [3.8, 4) is 5.75 Å². The van der Waals surface area contributed by atoms with Crippen LogP contribution in [0.2, 0.25) is 0 Å². The average molecular weight is 249 g/mol. The fourth-order valence-corrected chi connectivity index (χ4v) is 2.49. The number of benzene rings is 1. The molecular formula is C16H27NO. The molecule has 0 aliphatic rings. The van der Waals surface area contributed by atoms with Crippen molar-refractivity contribution >= 4 is 0 Å². The van der Waals surface area contributed by atoms with Gasteiger partial charge < -0.3 is 10.5 Å². The smallest absolute Gasteiger partial charge is 0.125 e. The van der Waals surface area contributed by atoms with Gasteiger partial charge in [0.25, 0.3) is 0 Å². The van der Waals surface area contributed by atoms with Crippen LogP contribution in [0.4, 0.5) is 0 Å². The number of hydrogen-bond acceptors (Lipinski definition) is 2. The molecule has 1 aromatic carbocycles. The van der Waals surface area contributed by atoms with Gasteiger partial charge in [0.15, 0.2) is 0 Å². The Morgan fingerprint density at radius 2 is 1.89 bits per heavy atom. The molecule has 0 heterocycles. The molecule has 0 amide bonds. The summed E-state index contributed by atoms with van der Waals surface area (Å²) in [7, 11) is 0. The predicted octanol–water partition coefficient (Wildman–Crippen LogP) is 3.79. The standard InChI is InChI=1S/C16H27NO/c1-6-18-16-13(4)9-11(2)10-15(16)14(5)12(3)7-8-17/h9-10,12,14H,6-8,17H2,1-5H3. The quantitative estimate of drug-likeness (QED) is 0.832. The van der Waals surface area contributed by atoms with Gasteiger partial charge in [0, 0.05) is 0 Å². The summed E-state index contributed by atoms with van der Waals surface area (Å²) in [5.41, 5.74) is 9.54. The Morgan fingerprint density at radius 1 is 1.22 bits per heavy atom. The first-order valence-electron chi connectivity index (χ1n) is 6.95. The zero-order valence-electron chi connectivity index (χ0n) is 12.4. The Kier molecular flexibility index (Phi) is 5.67. The van der Waals surface area contributed by atoms with Gasteiger partial charge in [0.2, 0.25) is 0 Å². The fraction of sp³-hybridized carbons (Fsp3) is 0.625. The molecule has 2 nitrogen and oxygen atoms in total. The lowest BCUT2D eigenvalue weighted by Gasteiger charge is -2.24. The molecule has 0 saturated carbocycles. The highest BCUT2D eigenvalue weighted by molar-refractivity contribution is 5.45. The third kappa shape index (κ3) is 3.49. The maximum Gasteiger partial charge on any atom is 0.125 e. The Labute approximate surface area is 112 Å². The maximum atomic E-state index is 5.84. The van der Waals surface area contributed by atoms with E-state index in [0.717, 1.165) is 25.3 Å². The third-order valence-corrected chi connectivity index (χ3v) is 3.70. The van der Waals surface area contributed by atoms with Gasteiger partial charge in [-0.1, -0.05) is 31.5 Å². The van der Waals surface area contributed by atoms with Crippen molar-refractivity contribution in [1.82, 2.24) is 0 Å². The molecule has 2 atom stereocenters. The summed E-state index contributed by atoms with van der Waals surface area (Å²) in [4.78, 5) is 0. The topological polar surface area (TPSA) is 35.2 Å². The van der Waals surface area contributed by atoms with Crippen molar-refractivity contribution in [2.75, 3.05) is 13.2 Å². The molecular weight excluding hydrogens is 222 g/mol. The molecule has 1 aromatic rings. The molecule has 102 valence electrons. The predicted molar refractivity (Wildman–Crippen MR) is 78.3 cm³/mol. The van der Waals surface area contributed by atoms with E-state index in [9.17, 15) is 0 Å². The number of nitrogens with two attached hydrogens (primary N) is 1. The summed E-state index contributed by atoms with van der Waals surface area (Å²) < 4.78 is 5.84. The van der Waals surface area contributed by atoms with E-state index in [4.69, 9.17) is 10.5 Å². The second-order valence-corrected chi connectivity index (χ2v) is 5.28. The van der Waals surface area contributed by atoms with E-state index in [2.05, 4.69) is 39.8 Å². The Balaban J connectivity index is 3.12. The van der Waals surface area contributed by atoms with Crippen LogP contribution in [0.1, 0.15) is 49.8 Å². The zero-order chi connectivity index (χ0) is 13.7. The van der Waals surface area contributed by atoms with Crippen LogP contribution in [-0.4, -0.2) is 13.2 Å². The molecule has 1 rings (SSSR count). The summed E-state index contributed by atoms with van der Waals surface area (Å²) in [6.07, 6.45) is 1.06. The van der Waals surface area contributed by atoms with Crippen LogP contribution in [0.3, 0.4) is 0 Å². The highest BCUT2D eigenvalue weighted by atomic mass is 16.5. The number of rotatable bonds is 6. The fourth-order valence-electron chi connectivity index (χ4n) is 2.49. The van der Waals surface area contributed by atoms with Crippen molar-refractivity contribution in [1.29, 1.82) is 0 Å². The van der Waals surface area contributed by atoms with Gasteiger partial charge in [0.05, 0.1) is 6.61 Å². The zero-order valence-corrected chi connectivity index (χ0v) is 12.4. The van der Waals surface area contributed by atoms with Gasteiger partial charge in [-0.3, -0.25) is 0 Å². The Morgan fingerprint density at radius 3 is 2.44 bits per heavy atom. The van der Waals surface area contributed by atoms with Gasteiger partial charge in [-0.15, -0.1) is 0 Å². The summed E-state index contributed by atoms with van der Waals surface area (Å²) in [5.74, 6) is 2.13.